The molecule has 1 atom stereocenters. The van der Waals surface area contributed by atoms with E-state index in [2.05, 4.69) is 5.32 Å². The highest BCUT2D eigenvalue weighted by atomic mass is 16.5. The fraction of sp³-hybridized carbons (Fsp3) is 0.375. The fourth-order valence-corrected chi connectivity index (χ4v) is 2.27. The number of carbonyl (C=O) groups excluding carboxylic acids is 4. The van der Waals surface area contributed by atoms with Crippen LogP contribution in [0.25, 0.3) is 0 Å². The molecule has 0 saturated heterocycles. The summed E-state index contributed by atoms with van der Waals surface area (Å²) in [7, 11) is 1.50. The average molecular weight is 334 g/mol. The number of imide groups is 1. The minimum atomic E-state index is -1.12. The Hall–Kier alpha value is -2.74. The van der Waals surface area contributed by atoms with Crippen LogP contribution in [-0.2, 0) is 19.1 Å². The zero-order chi connectivity index (χ0) is 17.7. The predicted molar refractivity (Wildman–Crippen MR) is 82.2 cm³/mol. The van der Waals surface area contributed by atoms with Crippen molar-refractivity contribution in [3.8, 4) is 0 Å². The maximum Gasteiger partial charge on any atom is 0.329 e. The second-order valence-electron chi connectivity index (χ2n) is 5.15. The Morgan fingerprint density at radius 3 is 2.29 bits per heavy atom. The molecule has 0 aliphatic carbocycles. The predicted octanol–water partition coefficient (Wildman–Crippen LogP) is -0.0231. The molecule has 2 rings (SSSR count). The SMILES string of the molecule is COCCNC(=O)COC(=O)[C@@H](C)N1C(=O)c2ccccc2C1=O. The molecule has 0 spiro atoms. The van der Waals surface area contributed by atoms with Crippen molar-refractivity contribution in [1.82, 2.24) is 10.2 Å². The van der Waals surface area contributed by atoms with Crippen molar-refractivity contribution >= 4 is 23.7 Å². The first-order valence-corrected chi connectivity index (χ1v) is 7.36. The molecule has 1 aliphatic heterocycles. The van der Waals surface area contributed by atoms with Crippen LogP contribution in [0.2, 0.25) is 0 Å². The van der Waals surface area contributed by atoms with Crippen LogP contribution in [0.1, 0.15) is 27.6 Å². The third kappa shape index (κ3) is 3.60. The molecule has 128 valence electrons. The number of ether oxygens (including phenoxy) is 2. The third-order valence-corrected chi connectivity index (χ3v) is 3.53. The van der Waals surface area contributed by atoms with Gasteiger partial charge in [-0.25, -0.2) is 4.79 Å². The molecule has 1 aliphatic rings. The summed E-state index contributed by atoms with van der Waals surface area (Å²) in [6.45, 7) is 1.52. The molecule has 0 aromatic heterocycles. The number of fused-ring (bicyclic) bond motifs is 1. The van der Waals surface area contributed by atoms with Crippen molar-refractivity contribution in [3.63, 3.8) is 0 Å². The van der Waals surface area contributed by atoms with Gasteiger partial charge in [0.1, 0.15) is 6.04 Å². The highest BCUT2D eigenvalue weighted by molar-refractivity contribution is 6.22. The van der Waals surface area contributed by atoms with E-state index in [0.29, 0.717) is 13.2 Å². The lowest BCUT2D eigenvalue weighted by molar-refractivity contribution is -0.151. The van der Waals surface area contributed by atoms with Crippen LogP contribution in [0, 0.1) is 0 Å². The van der Waals surface area contributed by atoms with Crippen molar-refractivity contribution in [2.24, 2.45) is 0 Å². The summed E-state index contributed by atoms with van der Waals surface area (Å²) in [5.74, 6) is -2.42. The Kier molecular flexibility index (Phi) is 5.64. The molecule has 3 amide bonds. The Morgan fingerprint density at radius 1 is 1.17 bits per heavy atom. The van der Waals surface area contributed by atoms with E-state index in [1.807, 2.05) is 0 Å². The summed E-state index contributed by atoms with van der Waals surface area (Å²) in [6, 6.07) is 5.21. The zero-order valence-corrected chi connectivity index (χ0v) is 13.4. The standard InChI is InChI=1S/C16H18N2O6/c1-10(16(22)24-9-13(19)17-7-8-23-2)18-14(20)11-5-3-4-6-12(11)15(18)21/h3-6,10H,7-9H2,1-2H3,(H,17,19)/t10-/m1/s1. The summed E-state index contributed by atoms with van der Waals surface area (Å²) in [4.78, 5) is 48.9. The van der Waals surface area contributed by atoms with Crippen LogP contribution in [0.3, 0.4) is 0 Å². The number of nitrogens with zero attached hydrogens (tertiary/aromatic N) is 1. The summed E-state index contributed by atoms with van der Waals surface area (Å²) in [5, 5.41) is 2.49. The zero-order valence-electron chi connectivity index (χ0n) is 13.4. The lowest BCUT2D eigenvalue weighted by Gasteiger charge is -2.20. The molecule has 0 fully saturated rings. The first kappa shape index (κ1) is 17.6. The molecule has 0 unspecified atom stereocenters. The molecular formula is C16H18N2O6. The van der Waals surface area contributed by atoms with Crippen LogP contribution >= 0.6 is 0 Å². The van der Waals surface area contributed by atoms with Gasteiger partial charge in [0.2, 0.25) is 0 Å². The maximum atomic E-state index is 12.3. The quantitative estimate of drug-likeness (QED) is 0.427. The number of nitrogens with one attached hydrogen (secondary N) is 1. The van der Waals surface area contributed by atoms with E-state index in [1.54, 1.807) is 12.1 Å². The number of methoxy groups -OCH3 is 1. The Labute approximate surface area is 138 Å². The summed E-state index contributed by atoms with van der Waals surface area (Å²) >= 11 is 0. The topological polar surface area (TPSA) is 102 Å². The monoisotopic (exact) mass is 334 g/mol. The number of carbonyl (C=O) groups is 4. The third-order valence-electron chi connectivity index (χ3n) is 3.53. The van der Waals surface area contributed by atoms with E-state index < -0.39 is 36.3 Å². The van der Waals surface area contributed by atoms with Crippen molar-refractivity contribution in [2.45, 2.75) is 13.0 Å². The Balaban J connectivity index is 1.93. The molecule has 8 heteroatoms. The number of benzene rings is 1. The van der Waals surface area contributed by atoms with Gasteiger partial charge in [0, 0.05) is 13.7 Å². The number of hydrogen-bond donors (Lipinski definition) is 1. The van der Waals surface area contributed by atoms with Crippen molar-refractivity contribution in [1.29, 1.82) is 0 Å². The molecular weight excluding hydrogens is 316 g/mol. The van der Waals surface area contributed by atoms with E-state index in [0.717, 1.165) is 4.90 Å². The molecule has 8 nitrogen and oxygen atoms in total. The fourth-order valence-electron chi connectivity index (χ4n) is 2.27. The van der Waals surface area contributed by atoms with Gasteiger partial charge in [-0.3, -0.25) is 19.3 Å². The van der Waals surface area contributed by atoms with Gasteiger partial charge in [-0.1, -0.05) is 12.1 Å². The number of esters is 1. The summed E-state index contributed by atoms with van der Waals surface area (Å²) < 4.78 is 9.64. The summed E-state index contributed by atoms with van der Waals surface area (Å²) in [6.07, 6.45) is 0. The van der Waals surface area contributed by atoms with Gasteiger partial charge >= 0.3 is 5.97 Å². The largest absolute Gasteiger partial charge is 0.454 e. The second kappa shape index (κ2) is 7.69. The maximum absolute atomic E-state index is 12.3. The van der Waals surface area contributed by atoms with Crippen molar-refractivity contribution in [2.75, 3.05) is 26.9 Å². The summed E-state index contributed by atoms with van der Waals surface area (Å²) in [5.41, 5.74) is 0.499. The van der Waals surface area contributed by atoms with E-state index in [4.69, 9.17) is 9.47 Å². The van der Waals surface area contributed by atoms with Crippen LogP contribution < -0.4 is 5.32 Å². The lowest BCUT2D eigenvalue weighted by Crippen LogP contribution is -2.44. The van der Waals surface area contributed by atoms with Gasteiger partial charge in [0.05, 0.1) is 17.7 Å². The molecule has 1 N–H and O–H groups in total. The van der Waals surface area contributed by atoms with Gasteiger partial charge < -0.3 is 14.8 Å². The van der Waals surface area contributed by atoms with Crippen LogP contribution in [0.4, 0.5) is 0 Å². The van der Waals surface area contributed by atoms with Gasteiger partial charge in [0.15, 0.2) is 6.61 Å². The lowest BCUT2D eigenvalue weighted by atomic mass is 10.1. The van der Waals surface area contributed by atoms with Crippen LogP contribution in [0.5, 0.6) is 0 Å². The molecule has 1 aromatic rings. The number of amides is 3. The first-order valence-electron chi connectivity index (χ1n) is 7.36. The second-order valence-corrected chi connectivity index (χ2v) is 5.15. The number of hydrogen-bond acceptors (Lipinski definition) is 6. The minimum absolute atomic E-state index is 0.249. The van der Waals surface area contributed by atoms with E-state index in [1.165, 1.54) is 26.2 Å². The molecule has 0 saturated carbocycles. The highest BCUT2D eigenvalue weighted by Crippen LogP contribution is 2.24. The van der Waals surface area contributed by atoms with E-state index in [9.17, 15) is 19.2 Å². The molecule has 0 radical (unpaired) electrons. The molecule has 1 heterocycles. The van der Waals surface area contributed by atoms with E-state index in [-0.39, 0.29) is 11.1 Å². The van der Waals surface area contributed by atoms with Gasteiger partial charge in [-0.05, 0) is 19.1 Å². The normalized spacial score (nSPS) is 14.3. The van der Waals surface area contributed by atoms with Gasteiger partial charge in [-0.2, -0.15) is 0 Å². The number of rotatable bonds is 7. The molecule has 1 aromatic carbocycles. The Bertz CT molecular complexity index is 637. The van der Waals surface area contributed by atoms with Gasteiger partial charge in [0.25, 0.3) is 17.7 Å². The molecule has 0 bridgehead atoms. The van der Waals surface area contributed by atoms with Crippen molar-refractivity contribution in [3.05, 3.63) is 35.4 Å². The molecule has 24 heavy (non-hydrogen) atoms. The van der Waals surface area contributed by atoms with E-state index >= 15 is 0 Å². The van der Waals surface area contributed by atoms with Crippen LogP contribution in [0.15, 0.2) is 24.3 Å². The average Bonchev–Trinajstić information content (AvgIpc) is 2.84. The van der Waals surface area contributed by atoms with Crippen LogP contribution in [-0.4, -0.2) is 61.5 Å². The van der Waals surface area contributed by atoms with Gasteiger partial charge in [-0.15, -0.1) is 0 Å². The smallest absolute Gasteiger partial charge is 0.329 e. The van der Waals surface area contributed by atoms with Crippen molar-refractivity contribution < 1.29 is 28.7 Å². The first-order chi connectivity index (χ1) is 11.5. The highest BCUT2D eigenvalue weighted by Gasteiger charge is 2.41. The minimum Gasteiger partial charge on any atom is -0.454 e. The Morgan fingerprint density at radius 2 is 1.75 bits per heavy atom.